The number of rotatable bonds is 8. The van der Waals surface area contributed by atoms with Gasteiger partial charge in [0, 0.05) is 53.5 Å². The first-order valence-electron chi connectivity index (χ1n) is 19.3. The van der Waals surface area contributed by atoms with Crippen molar-refractivity contribution in [3.8, 4) is 11.5 Å². The highest BCUT2D eigenvalue weighted by Crippen LogP contribution is 2.58. The van der Waals surface area contributed by atoms with Gasteiger partial charge in [-0.3, -0.25) is 20.2 Å². The number of benzene rings is 4. The van der Waals surface area contributed by atoms with Crippen molar-refractivity contribution in [2.45, 2.75) is 69.2 Å². The highest BCUT2D eigenvalue weighted by molar-refractivity contribution is 5.75. The van der Waals surface area contributed by atoms with E-state index in [2.05, 4.69) is 92.1 Å². The fourth-order valence-corrected chi connectivity index (χ4v) is 9.70. The number of nitrogens with zero attached hydrogens (tertiary/aromatic N) is 4. The summed E-state index contributed by atoms with van der Waals surface area (Å²) in [5, 5.41) is 23.5. The van der Waals surface area contributed by atoms with E-state index in [1.807, 2.05) is 42.5 Å². The minimum absolute atomic E-state index is 0.0120. The number of allylic oxidation sites excluding steroid dienone is 1. The summed E-state index contributed by atoms with van der Waals surface area (Å²) in [6.45, 7) is 9.72. The minimum atomic E-state index is -0.976. The van der Waals surface area contributed by atoms with Crippen molar-refractivity contribution in [1.82, 2.24) is 0 Å². The molecule has 4 aromatic carbocycles. The molecule has 58 heavy (non-hydrogen) atoms. The Balaban J connectivity index is 1.05. The van der Waals surface area contributed by atoms with Crippen LogP contribution in [0.3, 0.4) is 0 Å². The third-order valence-corrected chi connectivity index (χ3v) is 12.9. The predicted octanol–water partition coefficient (Wildman–Crippen LogP) is 8.97. The second-order valence-electron chi connectivity index (χ2n) is 16.5. The molecule has 0 fully saturated rings. The van der Waals surface area contributed by atoms with E-state index in [1.54, 1.807) is 6.08 Å². The quantitative estimate of drug-likeness (QED) is 0.0971. The van der Waals surface area contributed by atoms with E-state index >= 15 is 0 Å². The normalized spacial score (nSPS) is 25.3. The molecular formula is C46H44N4O8. The first kappa shape index (κ1) is 37.2. The molecule has 4 atom stereocenters. The van der Waals surface area contributed by atoms with Gasteiger partial charge in [0.2, 0.25) is 5.72 Å². The maximum Gasteiger partial charge on any atom is 0.274 e. The molecule has 0 amide bonds. The van der Waals surface area contributed by atoms with E-state index in [1.165, 1.54) is 32.4 Å². The zero-order chi connectivity index (χ0) is 40.8. The molecule has 5 aliphatic rings. The number of hydrogen-bond acceptors (Lipinski definition) is 10. The summed E-state index contributed by atoms with van der Waals surface area (Å²) < 4.78 is 25.6. The Hall–Kier alpha value is -6.40. The largest absolute Gasteiger partial charge is 0.498 e. The summed E-state index contributed by atoms with van der Waals surface area (Å²) in [5.41, 5.74) is 4.07. The lowest BCUT2D eigenvalue weighted by atomic mass is 9.75. The first-order chi connectivity index (χ1) is 27.7. The molecule has 0 radical (unpaired) electrons. The molecule has 4 aliphatic heterocycles. The van der Waals surface area contributed by atoms with Gasteiger partial charge in [0.05, 0.1) is 41.6 Å². The van der Waals surface area contributed by atoms with E-state index in [0.29, 0.717) is 35.9 Å². The van der Waals surface area contributed by atoms with Gasteiger partial charge in [0.25, 0.3) is 11.4 Å². The number of hydrogen-bond donors (Lipinski definition) is 0. The number of nitro groups is 2. The molecule has 0 bridgehead atoms. The molecule has 0 saturated heterocycles. The number of fused-ring (bicyclic) bond motifs is 4. The highest BCUT2D eigenvalue weighted by Gasteiger charge is 2.61. The maximum atomic E-state index is 11.8. The fraction of sp³-hybridized carbons (Fsp3) is 0.304. The van der Waals surface area contributed by atoms with Gasteiger partial charge in [0.1, 0.15) is 11.9 Å². The zero-order valence-corrected chi connectivity index (χ0v) is 33.2. The Bertz CT molecular complexity index is 2500. The van der Waals surface area contributed by atoms with E-state index in [4.69, 9.17) is 18.9 Å². The summed E-state index contributed by atoms with van der Waals surface area (Å²) in [7, 11) is 3.02. The van der Waals surface area contributed by atoms with E-state index < -0.39 is 38.2 Å². The summed E-state index contributed by atoms with van der Waals surface area (Å²) >= 11 is 0. The fourth-order valence-electron chi connectivity index (χ4n) is 9.70. The van der Waals surface area contributed by atoms with Gasteiger partial charge in [0.15, 0.2) is 17.2 Å². The van der Waals surface area contributed by atoms with Crippen LogP contribution in [0.4, 0.5) is 17.1 Å². The van der Waals surface area contributed by atoms with Gasteiger partial charge in [-0.1, -0.05) is 80.6 Å². The average Bonchev–Trinajstić information content (AvgIpc) is 3.51. The third-order valence-electron chi connectivity index (χ3n) is 12.9. The number of para-hydroxylation sites is 2. The van der Waals surface area contributed by atoms with Crippen LogP contribution in [0, 0.1) is 26.1 Å². The molecule has 12 heteroatoms. The molecular weight excluding hydrogens is 737 g/mol. The van der Waals surface area contributed by atoms with Gasteiger partial charge < -0.3 is 28.7 Å². The summed E-state index contributed by atoms with van der Waals surface area (Å²) in [5.74, 6) is 0.826. The van der Waals surface area contributed by atoms with Crippen LogP contribution in [0.1, 0.15) is 55.5 Å². The average molecular weight is 781 g/mol. The van der Waals surface area contributed by atoms with Crippen LogP contribution in [0.25, 0.3) is 6.08 Å². The monoisotopic (exact) mass is 780 g/mol. The molecule has 0 saturated carbocycles. The van der Waals surface area contributed by atoms with Crippen LogP contribution in [0.15, 0.2) is 127 Å². The molecule has 2 spiro atoms. The summed E-state index contributed by atoms with van der Waals surface area (Å²) in [4.78, 5) is 27.2. The molecule has 4 unspecified atom stereocenters. The van der Waals surface area contributed by atoms with Crippen molar-refractivity contribution in [2.75, 3.05) is 24.0 Å². The third kappa shape index (κ3) is 5.23. The van der Waals surface area contributed by atoms with Crippen molar-refractivity contribution >= 4 is 23.1 Å². The summed E-state index contributed by atoms with van der Waals surface area (Å²) in [6.07, 6.45) is 10.6. The van der Waals surface area contributed by atoms with Crippen molar-refractivity contribution in [3.63, 3.8) is 0 Å². The van der Waals surface area contributed by atoms with Crippen molar-refractivity contribution in [3.05, 3.63) is 175 Å². The van der Waals surface area contributed by atoms with Crippen LogP contribution in [0.2, 0.25) is 0 Å². The molecule has 296 valence electrons. The lowest BCUT2D eigenvalue weighted by Gasteiger charge is -2.50. The topological polar surface area (TPSA) is 130 Å². The van der Waals surface area contributed by atoms with E-state index in [0.717, 1.165) is 33.6 Å². The molecule has 0 N–H and O–H groups in total. The number of non-ortho nitro benzene ring substituents is 1. The van der Waals surface area contributed by atoms with Crippen molar-refractivity contribution in [2.24, 2.45) is 5.92 Å². The Morgan fingerprint density at radius 3 is 1.90 bits per heavy atom. The minimum Gasteiger partial charge on any atom is -0.498 e. The molecule has 0 aromatic heterocycles. The predicted molar refractivity (Wildman–Crippen MR) is 220 cm³/mol. The van der Waals surface area contributed by atoms with Crippen molar-refractivity contribution in [1.29, 1.82) is 0 Å². The molecule has 9 rings (SSSR count). The van der Waals surface area contributed by atoms with Gasteiger partial charge in [-0.15, -0.1) is 0 Å². The van der Waals surface area contributed by atoms with E-state index in [-0.39, 0.29) is 17.3 Å². The van der Waals surface area contributed by atoms with Crippen LogP contribution >= 0.6 is 0 Å². The Labute approximate surface area is 336 Å². The van der Waals surface area contributed by atoms with E-state index in [9.17, 15) is 20.2 Å². The van der Waals surface area contributed by atoms with Gasteiger partial charge in [-0.2, -0.15) is 0 Å². The maximum absolute atomic E-state index is 11.8. The second kappa shape index (κ2) is 13.1. The van der Waals surface area contributed by atoms with Gasteiger partial charge >= 0.3 is 0 Å². The van der Waals surface area contributed by atoms with Crippen molar-refractivity contribution < 1.29 is 28.8 Å². The molecule has 4 heterocycles. The number of methoxy groups -OCH3 is 2. The van der Waals surface area contributed by atoms with Crippen LogP contribution in [0.5, 0.6) is 11.5 Å². The Morgan fingerprint density at radius 1 is 0.741 bits per heavy atom. The SMILES string of the molecule is COC1=CC([N+](=O)[O-])=CC2C=CC3(OC12)N(Cc1ccc(CN2c4ccccc4C(C)(C)C24C=Cc2cc([N+](=O)[O-])cc(OC)c2O4)cc1)c1ccccc1C3(C)C. The lowest BCUT2D eigenvalue weighted by Crippen LogP contribution is -2.60. The standard InChI is InChI=1S/C46H44N4O8/c1-43(2)35-11-7-9-13-37(35)47(45(43)21-19-31-23-33(49(51)52)25-39(55-5)41(31)57-45)27-29-15-17-30(18-16-29)28-48-38-14-10-8-12-36(38)44(3,4)46(48)22-20-32-24-34(50(53)54)26-40(56-6)42(32)58-46/h7-26,31,41H,27-28H2,1-6H3. The second-order valence-corrected chi connectivity index (χ2v) is 16.5. The highest BCUT2D eigenvalue weighted by atomic mass is 16.6. The molecule has 4 aromatic rings. The molecule has 1 aliphatic carbocycles. The Kier molecular flexibility index (Phi) is 8.38. The smallest absolute Gasteiger partial charge is 0.274 e. The zero-order valence-electron chi connectivity index (χ0n) is 33.2. The van der Waals surface area contributed by atoms with Gasteiger partial charge in [-0.05, 0) is 66.5 Å². The number of ether oxygens (including phenoxy) is 4. The van der Waals surface area contributed by atoms with Crippen LogP contribution in [-0.2, 0) is 33.4 Å². The van der Waals surface area contributed by atoms with Crippen LogP contribution in [-0.4, -0.2) is 41.6 Å². The molecule has 12 nitrogen and oxygen atoms in total. The number of anilines is 2. The lowest BCUT2D eigenvalue weighted by molar-refractivity contribution is -0.420. The number of nitro benzene ring substituents is 1. The summed E-state index contributed by atoms with van der Waals surface area (Å²) in [6, 6.07) is 28.2. The van der Waals surface area contributed by atoms with Crippen LogP contribution < -0.4 is 19.3 Å². The van der Waals surface area contributed by atoms with Gasteiger partial charge in [-0.25, -0.2) is 0 Å². The first-order valence-corrected chi connectivity index (χ1v) is 19.3. The Morgan fingerprint density at radius 2 is 1.33 bits per heavy atom.